The molecule has 2 aromatic rings. The van der Waals surface area contributed by atoms with Crippen LogP contribution in [0.2, 0.25) is 0 Å². The van der Waals surface area contributed by atoms with Crippen LogP contribution in [0.15, 0.2) is 36.5 Å². The zero-order chi connectivity index (χ0) is 16.7. The van der Waals surface area contributed by atoms with Gasteiger partial charge < -0.3 is 10.4 Å². The maximum absolute atomic E-state index is 12.2. The first-order chi connectivity index (χ1) is 10.8. The number of para-hydroxylation sites is 1. The smallest absolute Gasteiger partial charge is 0.330 e. The number of aliphatic carboxylic acids is 1. The normalized spacial score (nSPS) is 21.7. The van der Waals surface area contributed by atoms with Gasteiger partial charge in [-0.1, -0.05) is 32.0 Å². The van der Waals surface area contributed by atoms with Gasteiger partial charge in [-0.3, -0.25) is 4.79 Å². The Balaban J connectivity index is 1.68. The number of carbonyl (C=O) groups excluding carboxylic acids is 1. The highest BCUT2D eigenvalue weighted by Gasteiger charge is 2.68. The zero-order valence-electron chi connectivity index (χ0n) is 13.0. The molecule has 1 fully saturated rings. The molecular formula is C16H18N4O3. The molecule has 1 saturated carbocycles. The van der Waals surface area contributed by atoms with Crippen LogP contribution in [0.5, 0.6) is 0 Å². The highest BCUT2D eigenvalue weighted by atomic mass is 16.4. The summed E-state index contributed by atoms with van der Waals surface area (Å²) in [7, 11) is 0. The molecule has 1 heterocycles. The maximum atomic E-state index is 12.2. The zero-order valence-corrected chi connectivity index (χ0v) is 13.0. The highest BCUT2D eigenvalue weighted by molar-refractivity contribution is 5.91. The van der Waals surface area contributed by atoms with Crippen LogP contribution in [0.1, 0.15) is 26.0 Å². The Labute approximate surface area is 133 Å². The number of nitrogens with zero attached hydrogens (tertiary/aromatic N) is 3. The Morgan fingerprint density at radius 3 is 2.52 bits per heavy atom. The number of aromatic nitrogens is 3. The van der Waals surface area contributed by atoms with Gasteiger partial charge in [0.25, 0.3) is 0 Å². The predicted molar refractivity (Wildman–Crippen MR) is 82.0 cm³/mol. The number of benzene rings is 1. The van der Waals surface area contributed by atoms with E-state index in [1.807, 2.05) is 44.2 Å². The molecule has 120 valence electrons. The molecule has 1 amide bonds. The van der Waals surface area contributed by atoms with Crippen molar-refractivity contribution in [2.24, 2.45) is 5.41 Å². The van der Waals surface area contributed by atoms with Crippen LogP contribution < -0.4 is 5.32 Å². The predicted octanol–water partition coefficient (Wildman–Crippen LogP) is 1.18. The van der Waals surface area contributed by atoms with Gasteiger partial charge in [0, 0.05) is 5.41 Å². The number of hydrogen-bond donors (Lipinski definition) is 2. The molecule has 2 N–H and O–H groups in total. The van der Waals surface area contributed by atoms with Gasteiger partial charge in [-0.2, -0.15) is 15.0 Å². The van der Waals surface area contributed by atoms with Crippen molar-refractivity contribution in [1.29, 1.82) is 0 Å². The fourth-order valence-electron chi connectivity index (χ4n) is 2.76. The van der Waals surface area contributed by atoms with Crippen molar-refractivity contribution in [1.82, 2.24) is 20.3 Å². The third-order valence-electron chi connectivity index (χ3n) is 4.32. The molecule has 3 rings (SSSR count). The Morgan fingerprint density at radius 2 is 1.96 bits per heavy atom. The van der Waals surface area contributed by atoms with Gasteiger partial charge in [0.1, 0.15) is 5.54 Å². The molecular weight excluding hydrogens is 296 g/mol. The van der Waals surface area contributed by atoms with E-state index in [9.17, 15) is 14.7 Å². The molecule has 0 spiro atoms. The molecule has 0 aliphatic heterocycles. The van der Waals surface area contributed by atoms with E-state index >= 15 is 0 Å². The van der Waals surface area contributed by atoms with Crippen LogP contribution in [0.25, 0.3) is 5.69 Å². The summed E-state index contributed by atoms with van der Waals surface area (Å²) in [6, 6.07) is 9.35. The van der Waals surface area contributed by atoms with Crippen LogP contribution in [-0.4, -0.2) is 37.5 Å². The standard InChI is InChI=1S/C16H18N4O3/c1-15(2)10-16(15,14(22)23)18-13(21)8-11-9-17-20(19-11)12-6-4-3-5-7-12/h3-7,9H,8,10H2,1-2H3,(H,18,21)(H,22,23). The van der Waals surface area contributed by atoms with E-state index in [4.69, 9.17) is 0 Å². The molecule has 1 unspecified atom stereocenters. The molecule has 1 aliphatic rings. The van der Waals surface area contributed by atoms with Gasteiger partial charge in [0.2, 0.25) is 5.91 Å². The minimum absolute atomic E-state index is 0.00204. The first-order valence-electron chi connectivity index (χ1n) is 7.35. The van der Waals surface area contributed by atoms with E-state index in [0.717, 1.165) is 5.69 Å². The van der Waals surface area contributed by atoms with Crippen molar-refractivity contribution in [2.45, 2.75) is 32.2 Å². The number of nitrogens with one attached hydrogen (secondary N) is 1. The van der Waals surface area contributed by atoms with Gasteiger partial charge in [0.15, 0.2) is 0 Å². The lowest BCUT2D eigenvalue weighted by Gasteiger charge is -2.17. The molecule has 1 aromatic heterocycles. The Kier molecular flexibility index (Phi) is 3.43. The molecule has 7 heteroatoms. The number of rotatable bonds is 5. The van der Waals surface area contributed by atoms with Gasteiger partial charge in [-0.15, -0.1) is 0 Å². The van der Waals surface area contributed by atoms with Crippen molar-refractivity contribution >= 4 is 11.9 Å². The summed E-state index contributed by atoms with van der Waals surface area (Å²) in [6.07, 6.45) is 1.94. The van der Waals surface area contributed by atoms with Gasteiger partial charge >= 0.3 is 5.97 Å². The summed E-state index contributed by atoms with van der Waals surface area (Å²) in [5.74, 6) is -1.36. The van der Waals surface area contributed by atoms with Crippen LogP contribution in [0.4, 0.5) is 0 Å². The molecule has 0 saturated heterocycles. The average Bonchev–Trinajstić information content (AvgIpc) is 2.85. The lowest BCUT2D eigenvalue weighted by Crippen LogP contribution is -2.47. The fourth-order valence-corrected chi connectivity index (χ4v) is 2.76. The Morgan fingerprint density at radius 1 is 1.30 bits per heavy atom. The third kappa shape index (κ3) is 2.69. The number of carboxylic acid groups (broad SMARTS) is 1. The average molecular weight is 314 g/mol. The van der Waals surface area contributed by atoms with E-state index in [1.54, 1.807) is 0 Å². The van der Waals surface area contributed by atoms with E-state index in [0.29, 0.717) is 12.1 Å². The monoisotopic (exact) mass is 314 g/mol. The maximum Gasteiger partial charge on any atom is 0.330 e. The Bertz CT molecular complexity index is 754. The Hall–Kier alpha value is -2.70. The molecule has 0 bridgehead atoms. The first kappa shape index (κ1) is 15.2. The second kappa shape index (κ2) is 5.19. The van der Waals surface area contributed by atoms with Crippen molar-refractivity contribution in [3.63, 3.8) is 0 Å². The third-order valence-corrected chi connectivity index (χ3v) is 4.32. The molecule has 1 aliphatic carbocycles. The lowest BCUT2D eigenvalue weighted by molar-refractivity contribution is -0.144. The summed E-state index contributed by atoms with van der Waals surface area (Å²) in [6.45, 7) is 3.65. The van der Waals surface area contributed by atoms with Crippen molar-refractivity contribution in [3.05, 3.63) is 42.2 Å². The number of hydrogen-bond acceptors (Lipinski definition) is 4. The topological polar surface area (TPSA) is 97.1 Å². The molecule has 0 radical (unpaired) electrons. The summed E-state index contributed by atoms with van der Waals surface area (Å²) in [4.78, 5) is 25.0. The number of carbonyl (C=O) groups is 2. The van der Waals surface area contributed by atoms with Gasteiger partial charge in [-0.05, 0) is 18.6 Å². The quantitative estimate of drug-likeness (QED) is 0.863. The van der Waals surface area contributed by atoms with E-state index < -0.39 is 16.9 Å². The highest BCUT2D eigenvalue weighted by Crippen LogP contribution is 2.55. The lowest BCUT2D eigenvalue weighted by atomic mass is 10.0. The van der Waals surface area contributed by atoms with Crippen LogP contribution in [0, 0.1) is 5.41 Å². The van der Waals surface area contributed by atoms with Crippen molar-refractivity contribution < 1.29 is 14.7 Å². The molecule has 23 heavy (non-hydrogen) atoms. The molecule has 7 nitrogen and oxygen atoms in total. The summed E-state index contributed by atoms with van der Waals surface area (Å²) >= 11 is 0. The number of amides is 1. The second-order valence-electron chi connectivity index (χ2n) is 6.46. The van der Waals surface area contributed by atoms with Crippen LogP contribution in [-0.2, 0) is 16.0 Å². The van der Waals surface area contributed by atoms with Crippen LogP contribution in [0.3, 0.4) is 0 Å². The SMILES string of the molecule is CC1(C)CC1(NC(=O)Cc1cnn(-c2ccccc2)n1)C(=O)O. The van der Waals surface area contributed by atoms with Crippen LogP contribution >= 0.6 is 0 Å². The summed E-state index contributed by atoms with van der Waals surface area (Å²) < 4.78 is 0. The van der Waals surface area contributed by atoms with E-state index in [1.165, 1.54) is 11.0 Å². The largest absolute Gasteiger partial charge is 0.479 e. The van der Waals surface area contributed by atoms with Crippen molar-refractivity contribution in [2.75, 3.05) is 0 Å². The fraction of sp³-hybridized carbons (Fsp3) is 0.375. The van der Waals surface area contributed by atoms with Gasteiger partial charge in [0.05, 0.1) is 24.0 Å². The second-order valence-corrected chi connectivity index (χ2v) is 6.46. The first-order valence-corrected chi connectivity index (χ1v) is 7.35. The molecule has 1 aromatic carbocycles. The summed E-state index contributed by atoms with van der Waals surface area (Å²) in [5.41, 5.74) is -0.315. The minimum Gasteiger partial charge on any atom is -0.479 e. The number of carboxylic acids is 1. The van der Waals surface area contributed by atoms with Crippen molar-refractivity contribution in [3.8, 4) is 5.69 Å². The van der Waals surface area contributed by atoms with E-state index in [2.05, 4.69) is 15.5 Å². The van der Waals surface area contributed by atoms with Gasteiger partial charge in [-0.25, -0.2) is 4.79 Å². The van der Waals surface area contributed by atoms with E-state index in [-0.39, 0.29) is 12.3 Å². The molecule has 1 atom stereocenters. The minimum atomic E-state index is -1.17. The summed E-state index contributed by atoms with van der Waals surface area (Å²) in [5, 5.41) is 20.4.